The van der Waals surface area contributed by atoms with Crippen molar-refractivity contribution < 1.29 is 4.74 Å². The van der Waals surface area contributed by atoms with Crippen LogP contribution < -0.4 is 5.73 Å². The first-order valence-electron chi connectivity index (χ1n) is 7.90. The summed E-state index contributed by atoms with van der Waals surface area (Å²) in [5, 5.41) is 0. The lowest BCUT2D eigenvalue weighted by Gasteiger charge is -2.31. The Morgan fingerprint density at radius 1 is 1.06 bits per heavy atom. The van der Waals surface area contributed by atoms with Crippen molar-refractivity contribution in [3.63, 3.8) is 0 Å². The molecule has 0 amide bonds. The number of rotatable bonds is 10. The lowest BCUT2D eigenvalue weighted by molar-refractivity contribution is 0.0112. The van der Waals surface area contributed by atoms with E-state index in [4.69, 9.17) is 10.5 Å². The number of nitrogens with zero attached hydrogens (tertiary/aromatic N) is 1. The van der Waals surface area contributed by atoms with Crippen molar-refractivity contribution in [1.29, 1.82) is 0 Å². The first kappa shape index (κ1) is 15.9. The number of unbranched alkanes of at least 4 members (excludes halogenated alkanes) is 5. The zero-order valence-electron chi connectivity index (χ0n) is 12.2. The van der Waals surface area contributed by atoms with Crippen LogP contribution in [-0.4, -0.2) is 43.8 Å². The van der Waals surface area contributed by atoms with Crippen molar-refractivity contribution >= 4 is 0 Å². The Morgan fingerprint density at radius 3 is 2.39 bits per heavy atom. The quantitative estimate of drug-likeness (QED) is 0.611. The van der Waals surface area contributed by atoms with Crippen LogP contribution >= 0.6 is 0 Å². The second-order valence-electron chi connectivity index (χ2n) is 5.47. The maximum absolute atomic E-state index is 5.70. The third-order valence-electron chi connectivity index (χ3n) is 3.83. The number of hydrogen-bond donors (Lipinski definition) is 1. The van der Waals surface area contributed by atoms with E-state index in [0.29, 0.717) is 12.6 Å². The fourth-order valence-corrected chi connectivity index (χ4v) is 2.65. The van der Waals surface area contributed by atoms with Crippen molar-refractivity contribution in [2.45, 2.75) is 64.4 Å². The zero-order valence-corrected chi connectivity index (χ0v) is 12.2. The fourth-order valence-electron chi connectivity index (χ4n) is 2.65. The van der Waals surface area contributed by atoms with Crippen LogP contribution in [0.4, 0.5) is 0 Å². The highest BCUT2D eigenvalue weighted by Gasteiger charge is 2.18. The largest absolute Gasteiger partial charge is 0.377 e. The number of nitrogens with two attached hydrogens (primary N) is 1. The molecule has 1 rings (SSSR count). The van der Waals surface area contributed by atoms with Crippen molar-refractivity contribution in [3.8, 4) is 0 Å². The van der Waals surface area contributed by atoms with Crippen LogP contribution in [0.5, 0.6) is 0 Å². The lowest BCUT2D eigenvalue weighted by atomic mass is 10.1. The number of piperidine rings is 1. The molecule has 0 radical (unpaired) electrons. The highest BCUT2D eigenvalue weighted by Crippen LogP contribution is 2.14. The minimum Gasteiger partial charge on any atom is -0.377 e. The zero-order chi connectivity index (χ0) is 13.1. The molecule has 1 fully saturated rings. The van der Waals surface area contributed by atoms with E-state index in [-0.39, 0.29) is 0 Å². The highest BCUT2D eigenvalue weighted by molar-refractivity contribution is 4.72. The maximum Gasteiger partial charge on any atom is 0.0600 e. The summed E-state index contributed by atoms with van der Waals surface area (Å²) in [5.74, 6) is 0. The van der Waals surface area contributed by atoms with Crippen molar-refractivity contribution in [2.24, 2.45) is 5.73 Å². The Bertz CT molecular complexity index is 179. The van der Waals surface area contributed by atoms with E-state index in [0.717, 1.165) is 6.61 Å². The molecule has 1 saturated heterocycles. The molecular weight excluding hydrogens is 224 g/mol. The van der Waals surface area contributed by atoms with Crippen LogP contribution in [-0.2, 0) is 4.74 Å². The molecule has 2 N–H and O–H groups in total. The van der Waals surface area contributed by atoms with Gasteiger partial charge in [0.15, 0.2) is 0 Å². The molecule has 0 saturated carbocycles. The summed E-state index contributed by atoms with van der Waals surface area (Å²) in [6, 6.07) is 0. The van der Waals surface area contributed by atoms with Crippen LogP contribution in [0.1, 0.15) is 58.3 Å². The highest BCUT2D eigenvalue weighted by atomic mass is 16.5. The minimum absolute atomic E-state index is 0.467. The van der Waals surface area contributed by atoms with Crippen molar-refractivity contribution in [3.05, 3.63) is 0 Å². The molecule has 0 bridgehead atoms. The van der Waals surface area contributed by atoms with Gasteiger partial charge >= 0.3 is 0 Å². The molecule has 1 heterocycles. The van der Waals surface area contributed by atoms with E-state index in [2.05, 4.69) is 11.8 Å². The summed E-state index contributed by atoms with van der Waals surface area (Å²) in [6.07, 6.45) is 11.2. The summed E-state index contributed by atoms with van der Waals surface area (Å²) in [7, 11) is 0. The molecule has 0 aromatic rings. The summed E-state index contributed by atoms with van der Waals surface area (Å²) >= 11 is 0. The Hall–Kier alpha value is -0.120. The average Bonchev–Trinajstić information content (AvgIpc) is 2.42. The predicted octanol–water partition coefficient (Wildman–Crippen LogP) is 2.79. The maximum atomic E-state index is 5.70. The third-order valence-corrected chi connectivity index (χ3v) is 3.83. The van der Waals surface area contributed by atoms with Crippen LogP contribution in [0.15, 0.2) is 0 Å². The van der Waals surface area contributed by atoms with Gasteiger partial charge in [0.2, 0.25) is 0 Å². The monoisotopic (exact) mass is 256 g/mol. The molecule has 1 aliphatic heterocycles. The Balaban J connectivity index is 1.92. The average molecular weight is 256 g/mol. The van der Waals surface area contributed by atoms with Crippen LogP contribution in [0.25, 0.3) is 0 Å². The molecule has 0 spiro atoms. The van der Waals surface area contributed by atoms with E-state index in [1.807, 2.05) is 0 Å². The number of ether oxygens (including phenoxy) is 1. The standard InChI is InChI=1S/C15H32N2O/c1-2-3-4-5-6-7-11-17-12-8-15(9-13-17)18-14-10-16/h15H,2-14,16H2,1H3. The topological polar surface area (TPSA) is 38.5 Å². The normalized spacial score (nSPS) is 18.3. The molecule has 0 aromatic carbocycles. The Morgan fingerprint density at radius 2 is 1.72 bits per heavy atom. The smallest absolute Gasteiger partial charge is 0.0600 e. The summed E-state index contributed by atoms with van der Waals surface area (Å²) in [4.78, 5) is 2.60. The van der Waals surface area contributed by atoms with E-state index in [1.54, 1.807) is 0 Å². The predicted molar refractivity (Wildman–Crippen MR) is 77.8 cm³/mol. The van der Waals surface area contributed by atoms with Gasteiger partial charge in [-0.2, -0.15) is 0 Å². The Labute approximate surface area is 113 Å². The van der Waals surface area contributed by atoms with Gasteiger partial charge in [0.1, 0.15) is 0 Å². The number of likely N-dealkylation sites (tertiary alicyclic amines) is 1. The molecule has 0 aliphatic carbocycles. The van der Waals surface area contributed by atoms with E-state index >= 15 is 0 Å². The Kier molecular flexibility index (Phi) is 9.54. The second kappa shape index (κ2) is 10.8. The summed E-state index contributed by atoms with van der Waals surface area (Å²) < 4.78 is 5.70. The van der Waals surface area contributed by atoms with Gasteiger partial charge in [0.25, 0.3) is 0 Å². The van der Waals surface area contributed by atoms with Gasteiger partial charge in [-0.15, -0.1) is 0 Å². The van der Waals surface area contributed by atoms with E-state index < -0.39 is 0 Å². The molecule has 1 aliphatic rings. The molecule has 108 valence electrons. The molecule has 3 heteroatoms. The van der Waals surface area contributed by atoms with E-state index in [9.17, 15) is 0 Å². The fraction of sp³-hybridized carbons (Fsp3) is 1.00. The van der Waals surface area contributed by atoms with E-state index in [1.165, 1.54) is 71.0 Å². The van der Waals surface area contributed by atoms with Crippen LogP contribution in [0.2, 0.25) is 0 Å². The van der Waals surface area contributed by atoms with Gasteiger partial charge in [-0.05, 0) is 25.8 Å². The van der Waals surface area contributed by atoms with Crippen LogP contribution in [0, 0.1) is 0 Å². The molecule has 3 nitrogen and oxygen atoms in total. The minimum atomic E-state index is 0.467. The second-order valence-corrected chi connectivity index (χ2v) is 5.47. The van der Waals surface area contributed by atoms with Gasteiger partial charge in [-0.3, -0.25) is 0 Å². The van der Waals surface area contributed by atoms with Gasteiger partial charge < -0.3 is 15.4 Å². The SMILES string of the molecule is CCCCCCCCN1CCC(OCCN)CC1. The van der Waals surface area contributed by atoms with Crippen molar-refractivity contribution in [2.75, 3.05) is 32.8 Å². The van der Waals surface area contributed by atoms with Gasteiger partial charge in [0.05, 0.1) is 12.7 Å². The summed E-state index contributed by atoms with van der Waals surface area (Å²) in [6.45, 7) is 7.36. The molecule has 0 aromatic heterocycles. The van der Waals surface area contributed by atoms with Crippen LogP contribution in [0.3, 0.4) is 0 Å². The molecule has 0 atom stereocenters. The molecule has 18 heavy (non-hydrogen) atoms. The molecular formula is C15H32N2O. The first-order chi connectivity index (χ1) is 8.86. The molecule has 0 unspecified atom stereocenters. The van der Waals surface area contributed by atoms with Gasteiger partial charge in [0, 0.05) is 19.6 Å². The van der Waals surface area contributed by atoms with Crippen molar-refractivity contribution in [1.82, 2.24) is 4.90 Å². The number of hydrogen-bond acceptors (Lipinski definition) is 3. The van der Waals surface area contributed by atoms with Gasteiger partial charge in [-0.25, -0.2) is 0 Å². The lowest BCUT2D eigenvalue weighted by Crippen LogP contribution is -2.38. The first-order valence-corrected chi connectivity index (χ1v) is 7.90. The third kappa shape index (κ3) is 7.34. The summed E-state index contributed by atoms with van der Waals surface area (Å²) in [5.41, 5.74) is 5.45. The van der Waals surface area contributed by atoms with Gasteiger partial charge in [-0.1, -0.05) is 39.0 Å².